The van der Waals surface area contributed by atoms with Crippen LogP contribution in [0.4, 0.5) is 4.39 Å². The summed E-state index contributed by atoms with van der Waals surface area (Å²) in [4.78, 5) is 0. The van der Waals surface area contributed by atoms with Gasteiger partial charge in [0.05, 0.1) is 4.47 Å². The minimum absolute atomic E-state index is 0.113. The lowest BCUT2D eigenvalue weighted by atomic mass is 10.2. The third-order valence-electron chi connectivity index (χ3n) is 1.47. The molecule has 0 heterocycles. The van der Waals surface area contributed by atoms with Gasteiger partial charge < -0.3 is 9.47 Å². The highest BCUT2D eigenvalue weighted by atomic mass is 79.9. The molecule has 0 N–H and O–H groups in total. The highest BCUT2D eigenvalue weighted by Crippen LogP contribution is 2.29. The maximum Gasteiger partial charge on any atom is 0.188 e. The Bertz CT molecular complexity index is 302. The van der Waals surface area contributed by atoms with Gasteiger partial charge in [0.15, 0.2) is 6.79 Å². The Hall–Kier alpha value is -0.610. The van der Waals surface area contributed by atoms with E-state index in [1.165, 1.54) is 13.2 Å². The average Bonchev–Trinajstić information content (AvgIpc) is 2.09. The van der Waals surface area contributed by atoms with Crippen LogP contribution in [-0.2, 0) is 4.74 Å². The second-order valence-corrected chi connectivity index (χ2v) is 3.40. The number of halogens is 2. The van der Waals surface area contributed by atoms with E-state index in [-0.39, 0.29) is 12.6 Å². The molecular weight excluding hydrogens is 239 g/mol. The number of rotatable bonds is 3. The summed E-state index contributed by atoms with van der Waals surface area (Å²) in [6.45, 7) is 1.91. The number of methoxy groups -OCH3 is 1. The molecule has 1 rings (SSSR count). The summed E-state index contributed by atoms with van der Waals surface area (Å²) < 4.78 is 23.3. The van der Waals surface area contributed by atoms with Crippen molar-refractivity contribution in [2.45, 2.75) is 6.92 Å². The molecule has 4 heteroatoms. The van der Waals surface area contributed by atoms with Crippen molar-refractivity contribution in [3.8, 4) is 5.75 Å². The van der Waals surface area contributed by atoms with E-state index in [0.717, 1.165) is 5.56 Å². The molecule has 0 saturated carbocycles. The van der Waals surface area contributed by atoms with E-state index in [1.54, 1.807) is 13.0 Å². The first-order valence-corrected chi connectivity index (χ1v) is 4.52. The Labute approximate surface area is 84.8 Å². The van der Waals surface area contributed by atoms with Gasteiger partial charge in [-0.15, -0.1) is 0 Å². The Morgan fingerprint density at radius 1 is 1.46 bits per heavy atom. The van der Waals surface area contributed by atoms with Gasteiger partial charge in [0, 0.05) is 7.11 Å². The quantitative estimate of drug-likeness (QED) is 0.767. The molecule has 0 spiro atoms. The monoisotopic (exact) mass is 248 g/mol. The minimum atomic E-state index is -0.328. The van der Waals surface area contributed by atoms with Crippen molar-refractivity contribution in [2.75, 3.05) is 13.9 Å². The van der Waals surface area contributed by atoms with Gasteiger partial charge in [-0.1, -0.05) is 0 Å². The zero-order valence-electron chi connectivity index (χ0n) is 7.43. The van der Waals surface area contributed by atoms with Gasteiger partial charge in [-0.2, -0.15) is 0 Å². The van der Waals surface area contributed by atoms with Gasteiger partial charge in [-0.3, -0.25) is 0 Å². The van der Waals surface area contributed by atoms with E-state index in [4.69, 9.17) is 9.47 Å². The first-order chi connectivity index (χ1) is 6.15. The van der Waals surface area contributed by atoms with Crippen LogP contribution in [0.25, 0.3) is 0 Å². The standard InChI is InChI=1S/C9H10BrFO2/c1-6-3-7(11)9(10)8(4-6)13-5-12-2/h3-4H,5H2,1-2H3. The van der Waals surface area contributed by atoms with Gasteiger partial charge in [0.2, 0.25) is 0 Å². The van der Waals surface area contributed by atoms with Crippen LogP contribution in [-0.4, -0.2) is 13.9 Å². The van der Waals surface area contributed by atoms with Crippen molar-refractivity contribution in [1.29, 1.82) is 0 Å². The number of hydrogen-bond donors (Lipinski definition) is 0. The zero-order chi connectivity index (χ0) is 9.84. The van der Waals surface area contributed by atoms with Crippen LogP contribution < -0.4 is 4.74 Å². The lowest BCUT2D eigenvalue weighted by Gasteiger charge is -2.08. The molecule has 0 aliphatic carbocycles. The molecule has 2 nitrogen and oxygen atoms in total. The van der Waals surface area contributed by atoms with Crippen LogP contribution in [0.5, 0.6) is 5.75 Å². The first-order valence-electron chi connectivity index (χ1n) is 3.72. The third kappa shape index (κ3) is 2.67. The molecule has 1 aromatic carbocycles. The Morgan fingerprint density at radius 3 is 2.77 bits per heavy atom. The lowest BCUT2D eigenvalue weighted by molar-refractivity contribution is 0.0503. The summed E-state index contributed by atoms with van der Waals surface area (Å²) in [7, 11) is 1.51. The maximum atomic E-state index is 13.1. The summed E-state index contributed by atoms with van der Waals surface area (Å²) in [5.74, 6) is 0.130. The highest BCUT2D eigenvalue weighted by Gasteiger charge is 2.07. The molecule has 0 aliphatic heterocycles. The van der Waals surface area contributed by atoms with Crippen LogP contribution in [0.2, 0.25) is 0 Å². The molecular formula is C9H10BrFO2. The number of aryl methyl sites for hydroxylation is 1. The zero-order valence-corrected chi connectivity index (χ0v) is 9.02. The molecule has 0 unspecified atom stereocenters. The molecule has 0 saturated heterocycles. The fraction of sp³-hybridized carbons (Fsp3) is 0.333. The van der Waals surface area contributed by atoms with Gasteiger partial charge in [0.1, 0.15) is 11.6 Å². The van der Waals surface area contributed by atoms with E-state index in [1.807, 2.05) is 0 Å². The van der Waals surface area contributed by atoms with E-state index >= 15 is 0 Å². The van der Waals surface area contributed by atoms with E-state index in [9.17, 15) is 4.39 Å². The van der Waals surface area contributed by atoms with Gasteiger partial charge in [0.25, 0.3) is 0 Å². The fourth-order valence-electron chi connectivity index (χ4n) is 0.920. The minimum Gasteiger partial charge on any atom is -0.466 e. The van der Waals surface area contributed by atoms with Crippen LogP contribution in [0, 0.1) is 12.7 Å². The smallest absolute Gasteiger partial charge is 0.188 e. The van der Waals surface area contributed by atoms with Crippen LogP contribution >= 0.6 is 15.9 Å². The largest absolute Gasteiger partial charge is 0.466 e. The van der Waals surface area contributed by atoms with Crippen molar-refractivity contribution >= 4 is 15.9 Å². The van der Waals surface area contributed by atoms with Crippen molar-refractivity contribution in [1.82, 2.24) is 0 Å². The number of ether oxygens (including phenoxy) is 2. The van der Waals surface area contributed by atoms with E-state index < -0.39 is 0 Å². The molecule has 1 aromatic rings. The molecule has 0 aliphatic rings. The van der Waals surface area contributed by atoms with E-state index in [2.05, 4.69) is 15.9 Å². The van der Waals surface area contributed by atoms with Crippen molar-refractivity contribution in [3.63, 3.8) is 0 Å². The van der Waals surface area contributed by atoms with Crippen molar-refractivity contribution in [2.24, 2.45) is 0 Å². The third-order valence-corrected chi connectivity index (χ3v) is 2.24. The summed E-state index contributed by atoms with van der Waals surface area (Å²) in [6, 6.07) is 3.18. The Balaban J connectivity index is 2.92. The van der Waals surface area contributed by atoms with Crippen LogP contribution in [0.15, 0.2) is 16.6 Å². The molecule has 72 valence electrons. The van der Waals surface area contributed by atoms with Gasteiger partial charge in [-0.25, -0.2) is 4.39 Å². The topological polar surface area (TPSA) is 18.5 Å². The van der Waals surface area contributed by atoms with Gasteiger partial charge in [-0.05, 0) is 40.5 Å². The average molecular weight is 249 g/mol. The SMILES string of the molecule is COCOc1cc(C)cc(F)c1Br. The summed E-state index contributed by atoms with van der Waals surface area (Å²) in [5.41, 5.74) is 0.812. The fourth-order valence-corrected chi connectivity index (χ4v) is 1.26. The summed E-state index contributed by atoms with van der Waals surface area (Å²) in [5, 5.41) is 0. The summed E-state index contributed by atoms with van der Waals surface area (Å²) >= 11 is 3.09. The molecule has 0 amide bonds. The highest BCUT2D eigenvalue weighted by molar-refractivity contribution is 9.10. The summed E-state index contributed by atoms with van der Waals surface area (Å²) in [6.07, 6.45) is 0. The molecule has 0 aromatic heterocycles. The Kier molecular flexibility index (Phi) is 3.69. The first kappa shape index (κ1) is 10.5. The second kappa shape index (κ2) is 4.58. The number of benzene rings is 1. The lowest BCUT2D eigenvalue weighted by Crippen LogP contribution is -2.00. The Morgan fingerprint density at radius 2 is 2.15 bits per heavy atom. The maximum absolute atomic E-state index is 13.1. The van der Waals surface area contributed by atoms with Crippen molar-refractivity contribution < 1.29 is 13.9 Å². The van der Waals surface area contributed by atoms with Gasteiger partial charge >= 0.3 is 0 Å². The molecule has 0 fully saturated rings. The van der Waals surface area contributed by atoms with Crippen LogP contribution in [0.3, 0.4) is 0 Å². The number of hydrogen-bond acceptors (Lipinski definition) is 2. The molecule has 13 heavy (non-hydrogen) atoms. The van der Waals surface area contributed by atoms with Crippen LogP contribution in [0.1, 0.15) is 5.56 Å². The van der Waals surface area contributed by atoms with Crippen molar-refractivity contribution in [3.05, 3.63) is 28.0 Å². The molecule has 0 radical (unpaired) electrons. The second-order valence-electron chi connectivity index (χ2n) is 2.61. The van der Waals surface area contributed by atoms with E-state index in [0.29, 0.717) is 10.2 Å². The molecule has 0 bridgehead atoms. The normalized spacial score (nSPS) is 10.2. The predicted octanol–water partition coefficient (Wildman–Crippen LogP) is 2.88. The predicted molar refractivity (Wildman–Crippen MR) is 51.3 cm³/mol. The molecule has 0 atom stereocenters.